The Bertz CT molecular complexity index is 2020. The summed E-state index contributed by atoms with van der Waals surface area (Å²) in [6.45, 7) is 3.82. The Hall–Kier alpha value is -5.77. The van der Waals surface area contributed by atoms with Gasteiger partial charge in [-0.2, -0.15) is 0 Å². The normalized spacial score (nSPS) is 17.8. The van der Waals surface area contributed by atoms with Gasteiger partial charge in [-0.3, -0.25) is 33.6 Å². The van der Waals surface area contributed by atoms with Crippen molar-refractivity contribution < 1.29 is 33.6 Å². The minimum absolute atomic E-state index is 0.0971. The molecular formula is C47H67N9O7. The van der Waals surface area contributed by atoms with Crippen LogP contribution in [0.3, 0.4) is 0 Å². The SMILES string of the molecule is CCCC[C@@H](NC(=O)[C@@H](Cc1c[nH]c2ccccc12)NC(=O)[C@@H](CC1CCCCC1)NC(=O)[C@@H]1CCCN1C(=O)[C@H](CCCN)NC(=O)[C@H](Cc1ccccc1)NC(C)=O)C(N)=O. The zero-order valence-electron chi connectivity index (χ0n) is 36.8. The fourth-order valence-electron chi connectivity index (χ4n) is 8.88. The molecule has 7 amide bonds. The number of carbonyl (C=O) groups excluding carboxylic acids is 7. The van der Waals surface area contributed by atoms with Gasteiger partial charge in [-0.25, -0.2) is 0 Å². The Morgan fingerprint density at radius 2 is 1.35 bits per heavy atom. The van der Waals surface area contributed by atoms with Crippen LogP contribution in [0.25, 0.3) is 10.9 Å². The van der Waals surface area contributed by atoms with E-state index in [1.165, 1.54) is 11.8 Å². The first-order valence-corrected chi connectivity index (χ1v) is 22.8. The third-order valence-electron chi connectivity index (χ3n) is 12.3. The zero-order valence-corrected chi connectivity index (χ0v) is 36.8. The number of amides is 7. The van der Waals surface area contributed by atoms with Gasteiger partial charge >= 0.3 is 0 Å². The molecule has 1 aromatic heterocycles. The molecule has 2 aromatic carbocycles. The molecule has 63 heavy (non-hydrogen) atoms. The summed E-state index contributed by atoms with van der Waals surface area (Å²) in [7, 11) is 0. The molecule has 1 aliphatic heterocycles. The van der Waals surface area contributed by atoms with Gasteiger partial charge < -0.3 is 47.9 Å². The number of hydrogen-bond acceptors (Lipinski definition) is 8. The second-order valence-corrected chi connectivity index (χ2v) is 17.2. The van der Waals surface area contributed by atoms with E-state index in [1.807, 2.05) is 61.5 Å². The molecule has 0 bridgehead atoms. The standard InChI is InChI=1S/C47H67N9O7/c1-3-4-20-36(42(49)58)52-45(61)40(28-33-29-50-35-21-12-11-19-34(33)35)54-44(60)39(27-32-17-9-6-10-18-32)55-46(62)41-23-14-25-56(41)47(63)37(22-13-24-48)53-43(59)38(51-30(2)57)26-31-15-7-5-8-16-31/h5,7-8,11-12,15-16,19,21,29,32,36-41,50H,3-4,6,9-10,13-14,17-18,20,22-28,48H2,1-2H3,(H2,49,58)(H,51,57)(H,52,61)(H,53,59)(H,54,60)(H,55,62)/t36-,37+,38+,39-,40-,41+/m1/s1. The number of primary amides is 1. The van der Waals surface area contributed by atoms with Gasteiger partial charge in [0.1, 0.15) is 36.3 Å². The molecule has 2 aliphatic rings. The van der Waals surface area contributed by atoms with E-state index in [0.29, 0.717) is 38.5 Å². The zero-order chi connectivity index (χ0) is 45.3. The van der Waals surface area contributed by atoms with Crippen LogP contribution >= 0.6 is 0 Å². The number of nitrogens with one attached hydrogen (secondary N) is 6. The van der Waals surface area contributed by atoms with Crippen molar-refractivity contribution in [3.8, 4) is 0 Å². The Labute approximate surface area is 370 Å². The summed E-state index contributed by atoms with van der Waals surface area (Å²) in [5, 5.41) is 15.1. The van der Waals surface area contributed by atoms with E-state index in [9.17, 15) is 33.6 Å². The molecule has 0 spiro atoms. The number of aromatic nitrogens is 1. The summed E-state index contributed by atoms with van der Waals surface area (Å²) in [5.41, 5.74) is 14.0. The predicted molar refractivity (Wildman–Crippen MR) is 240 cm³/mol. The van der Waals surface area contributed by atoms with Gasteiger partial charge in [0.2, 0.25) is 41.4 Å². The highest BCUT2D eigenvalue weighted by molar-refractivity contribution is 5.97. The highest BCUT2D eigenvalue weighted by atomic mass is 16.2. The topological polar surface area (TPSA) is 251 Å². The lowest BCUT2D eigenvalue weighted by Gasteiger charge is -2.32. The summed E-state index contributed by atoms with van der Waals surface area (Å²) in [4.78, 5) is 100. The monoisotopic (exact) mass is 870 g/mol. The number of H-pyrrole nitrogens is 1. The number of unbranched alkanes of at least 4 members (excludes halogenated alkanes) is 1. The number of nitrogens with two attached hydrogens (primary N) is 2. The molecule has 16 heteroatoms. The first kappa shape index (κ1) is 48.3. The van der Waals surface area contributed by atoms with Crippen molar-refractivity contribution in [1.82, 2.24) is 36.5 Å². The fraction of sp³-hybridized carbons (Fsp3) is 0.553. The molecule has 2 heterocycles. The van der Waals surface area contributed by atoms with E-state index in [2.05, 4.69) is 31.6 Å². The van der Waals surface area contributed by atoms with Gasteiger partial charge in [0, 0.05) is 43.4 Å². The minimum atomic E-state index is -1.12. The molecule has 2 fully saturated rings. The summed E-state index contributed by atoms with van der Waals surface area (Å²) in [6, 6.07) is 10.9. The maximum Gasteiger partial charge on any atom is 0.245 e. The predicted octanol–water partition coefficient (Wildman–Crippen LogP) is 2.77. The number of fused-ring (bicyclic) bond motifs is 1. The molecule has 16 nitrogen and oxygen atoms in total. The Morgan fingerprint density at radius 1 is 0.714 bits per heavy atom. The first-order chi connectivity index (χ1) is 30.4. The van der Waals surface area contributed by atoms with Crippen LogP contribution in [-0.2, 0) is 46.4 Å². The number of likely N-dealkylation sites (tertiary alicyclic amines) is 1. The summed E-state index contributed by atoms with van der Waals surface area (Å²) in [6.07, 6.45) is 10.6. The van der Waals surface area contributed by atoms with E-state index in [4.69, 9.17) is 11.5 Å². The summed E-state index contributed by atoms with van der Waals surface area (Å²) in [5.74, 6) is -3.54. The number of benzene rings is 2. The highest BCUT2D eigenvalue weighted by Gasteiger charge is 2.40. The Kier molecular flexibility index (Phi) is 18.5. The molecule has 1 saturated heterocycles. The van der Waals surface area contributed by atoms with E-state index < -0.39 is 77.6 Å². The van der Waals surface area contributed by atoms with Crippen LogP contribution in [-0.4, -0.2) is 101 Å². The molecule has 0 unspecified atom stereocenters. The van der Waals surface area contributed by atoms with Crippen LogP contribution in [0.2, 0.25) is 0 Å². The van der Waals surface area contributed by atoms with Gasteiger partial charge in [-0.1, -0.05) is 100 Å². The number of nitrogens with zero attached hydrogens (tertiary/aromatic N) is 1. The van der Waals surface area contributed by atoms with Crippen LogP contribution in [0, 0.1) is 5.92 Å². The molecule has 10 N–H and O–H groups in total. The van der Waals surface area contributed by atoms with Crippen molar-refractivity contribution in [1.29, 1.82) is 0 Å². The molecule has 0 radical (unpaired) electrons. The molecule has 3 aromatic rings. The van der Waals surface area contributed by atoms with Crippen molar-refractivity contribution in [3.05, 3.63) is 71.9 Å². The van der Waals surface area contributed by atoms with E-state index >= 15 is 0 Å². The Balaban J connectivity index is 1.36. The average molecular weight is 870 g/mol. The first-order valence-electron chi connectivity index (χ1n) is 22.8. The van der Waals surface area contributed by atoms with Crippen LogP contribution in [0.4, 0.5) is 0 Å². The second-order valence-electron chi connectivity index (χ2n) is 17.2. The van der Waals surface area contributed by atoms with Crippen molar-refractivity contribution in [2.24, 2.45) is 17.4 Å². The van der Waals surface area contributed by atoms with Gasteiger partial charge in [0.05, 0.1) is 0 Å². The fourth-order valence-corrected chi connectivity index (χ4v) is 8.88. The summed E-state index contributed by atoms with van der Waals surface area (Å²) >= 11 is 0. The van der Waals surface area contributed by atoms with Crippen molar-refractivity contribution >= 4 is 52.3 Å². The maximum atomic E-state index is 14.5. The molecule has 1 saturated carbocycles. The largest absolute Gasteiger partial charge is 0.368 e. The van der Waals surface area contributed by atoms with Crippen LogP contribution < -0.4 is 38.1 Å². The quantitative estimate of drug-likeness (QED) is 0.0702. The molecular weight excluding hydrogens is 803 g/mol. The molecule has 5 rings (SSSR count). The lowest BCUT2D eigenvalue weighted by atomic mass is 9.84. The maximum absolute atomic E-state index is 14.5. The van der Waals surface area contributed by atoms with Gasteiger partial charge in [-0.05, 0) is 68.2 Å². The number of carbonyl (C=O) groups is 7. The number of rotatable bonds is 23. The third-order valence-corrected chi connectivity index (χ3v) is 12.3. The third kappa shape index (κ3) is 14.1. The smallest absolute Gasteiger partial charge is 0.245 e. The van der Waals surface area contributed by atoms with Gasteiger partial charge in [0.15, 0.2) is 0 Å². The van der Waals surface area contributed by atoms with E-state index in [-0.39, 0.29) is 38.3 Å². The lowest BCUT2D eigenvalue weighted by Crippen LogP contribution is -2.60. The van der Waals surface area contributed by atoms with Crippen molar-refractivity contribution in [2.75, 3.05) is 13.1 Å². The molecule has 6 atom stereocenters. The van der Waals surface area contributed by atoms with Gasteiger partial charge in [0.25, 0.3) is 0 Å². The van der Waals surface area contributed by atoms with Crippen LogP contribution in [0.1, 0.15) is 108 Å². The van der Waals surface area contributed by atoms with Crippen molar-refractivity contribution in [3.63, 3.8) is 0 Å². The number of aromatic amines is 1. The Morgan fingerprint density at radius 3 is 2.03 bits per heavy atom. The number of para-hydroxylation sites is 1. The van der Waals surface area contributed by atoms with Crippen LogP contribution in [0.5, 0.6) is 0 Å². The number of hydrogen-bond donors (Lipinski definition) is 8. The van der Waals surface area contributed by atoms with Crippen molar-refractivity contribution in [2.45, 2.75) is 146 Å². The molecule has 342 valence electrons. The second kappa shape index (κ2) is 24.2. The highest BCUT2D eigenvalue weighted by Crippen LogP contribution is 2.28. The van der Waals surface area contributed by atoms with Gasteiger partial charge in [-0.15, -0.1) is 0 Å². The lowest BCUT2D eigenvalue weighted by molar-refractivity contribution is -0.142. The van der Waals surface area contributed by atoms with E-state index in [1.54, 1.807) is 6.20 Å². The summed E-state index contributed by atoms with van der Waals surface area (Å²) < 4.78 is 0. The van der Waals surface area contributed by atoms with E-state index in [0.717, 1.165) is 60.6 Å². The molecule has 1 aliphatic carbocycles. The minimum Gasteiger partial charge on any atom is -0.368 e. The average Bonchev–Trinajstić information content (AvgIpc) is 3.94. The van der Waals surface area contributed by atoms with Crippen LogP contribution in [0.15, 0.2) is 60.8 Å².